The van der Waals surface area contributed by atoms with E-state index < -0.39 is 0 Å². The summed E-state index contributed by atoms with van der Waals surface area (Å²) in [6.07, 6.45) is 0.694. The molecule has 1 N–H and O–H groups in total. The standard InChI is InChI=1S/C15H15ClN4O/c1-4-13-19-14(16)9(2)15(20-13)18-11-6-5-10(8-17)7-12(11)21-3/h5-7H,4H2,1-3H3,(H,18,19,20). The molecule has 0 radical (unpaired) electrons. The topological polar surface area (TPSA) is 70.8 Å². The summed E-state index contributed by atoms with van der Waals surface area (Å²) in [6.45, 7) is 3.81. The molecule has 0 bridgehead atoms. The smallest absolute Gasteiger partial charge is 0.143 e. The SMILES string of the molecule is CCc1nc(Cl)c(C)c(Nc2ccc(C#N)cc2OC)n1. The third kappa shape index (κ3) is 3.23. The fraction of sp³-hybridized carbons (Fsp3) is 0.267. The van der Waals surface area contributed by atoms with E-state index in [1.165, 1.54) is 0 Å². The number of hydrogen-bond acceptors (Lipinski definition) is 5. The number of ether oxygens (including phenoxy) is 1. The van der Waals surface area contributed by atoms with Crippen LogP contribution in [0.3, 0.4) is 0 Å². The van der Waals surface area contributed by atoms with Gasteiger partial charge in [0.25, 0.3) is 0 Å². The van der Waals surface area contributed by atoms with E-state index in [4.69, 9.17) is 21.6 Å². The van der Waals surface area contributed by atoms with E-state index in [1.54, 1.807) is 25.3 Å². The number of nitriles is 1. The average Bonchev–Trinajstić information content (AvgIpc) is 2.51. The van der Waals surface area contributed by atoms with Gasteiger partial charge >= 0.3 is 0 Å². The van der Waals surface area contributed by atoms with E-state index in [2.05, 4.69) is 21.4 Å². The zero-order chi connectivity index (χ0) is 15.4. The van der Waals surface area contributed by atoms with Crippen LogP contribution in [0.15, 0.2) is 18.2 Å². The number of aryl methyl sites for hydroxylation is 1. The lowest BCUT2D eigenvalue weighted by Gasteiger charge is -2.13. The van der Waals surface area contributed by atoms with Gasteiger partial charge in [-0.3, -0.25) is 0 Å². The first kappa shape index (κ1) is 15.1. The predicted octanol–water partition coefficient (Wildman–Crippen LogP) is 3.62. The zero-order valence-corrected chi connectivity index (χ0v) is 12.8. The molecule has 2 aromatic rings. The van der Waals surface area contributed by atoms with Gasteiger partial charge in [0.15, 0.2) is 0 Å². The van der Waals surface area contributed by atoms with Crippen molar-refractivity contribution in [1.29, 1.82) is 5.26 Å². The molecule has 5 nitrogen and oxygen atoms in total. The molecule has 6 heteroatoms. The monoisotopic (exact) mass is 302 g/mol. The lowest BCUT2D eigenvalue weighted by molar-refractivity contribution is 0.416. The highest BCUT2D eigenvalue weighted by molar-refractivity contribution is 6.30. The summed E-state index contributed by atoms with van der Waals surface area (Å²) in [5.74, 6) is 1.87. The number of rotatable bonds is 4. The minimum atomic E-state index is 0.428. The van der Waals surface area contributed by atoms with Gasteiger partial charge in [-0.05, 0) is 19.1 Å². The first-order chi connectivity index (χ1) is 10.1. The molecule has 0 fully saturated rings. The zero-order valence-electron chi connectivity index (χ0n) is 12.1. The van der Waals surface area contributed by atoms with Crippen LogP contribution < -0.4 is 10.1 Å². The molecule has 0 atom stereocenters. The van der Waals surface area contributed by atoms with Gasteiger partial charge in [0, 0.05) is 18.1 Å². The van der Waals surface area contributed by atoms with Crippen LogP contribution in [0.4, 0.5) is 11.5 Å². The van der Waals surface area contributed by atoms with Crippen LogP contribution in [0.5, 0.6) is 5.75 Å². The van der Waals surface area contributed by atoms with Crippen molar-refractivity contribution in [3.63, 3.8) is 0 Å². The minimum absolute atomic E-state index is 0.428. The van der Waals surface area contributed by atoms with E-state index in [1.807, 2.05) is 13.8 Å². The first-order valence-corrected chi connectivity index (χ1v) is 6.85. The number of hydrogen-bond donors (Lipinski definition) is 1. The number of nitrogens with one attached hydrogen (secondary N) is 1. The molecule has 2 rings (SSSR count). The summed E-state index contributed by atoms with van der Waals surface area (Å²) in [7, 11) is 1.55. The number of anilines is 2. The van der Waals surface area contributed by atoms with Crippen molar-refractivity contribution < 1.29 is 4.74 Å². The summed E-state index contributed by atoms with van der Waals surface area (Å²) >= 11 is 6.12. The summed E-state index contributed by atoms with van der Waals surface area (Å²) < 4.78 is 5.30. The Hall–Kier alpha value is -2.32. The van der Waals surface area contributed by atoms with Gasteiger partial charge in [0.1, 0.15) is 22.5 Å². The molecule has 0 aliphatic rings. The second kappa shape index (κ2) is 6.42. The lowest BCUT2D eigenvalue weighted by Crippen LogP contribution is -2.04. The highest BCUT2D eigenvalue weighted by atomic mass is 35.5. The van der Waals surface area contributed by atoms with E-state index >= 15 is 0 Å². The average molecular weight is 303 g/mol. The fourth-order valence-electron chi connectivity index (χ4n) is 1.80. The molecule has 0 saturated carbocycles. The molecule has 1 aromatic carbocycles. The Labute approximate surface area is 128 Å². The Kier molecular flexibility index (Phi) is 4.61. The second-order valence-corrected chi connectivity index (χ2v) is 4.77. The first-order valence-electron chi connectivity index (χ1n) is 6.47. The number of nitrogens with zero attached hydrogens (tertiary/aromatic N) is 3. The fourth-order valence-corrected chi connectivity index (χ4v) is 1.99. The maximum atomic E-state index is 8.92. The van der Waals surface area contributed by atoms with Crippen molar-refractivity contribution in [3.8, 4) is 11.8 Å². The highest BCUT2D eigenvalue weighted by Gasteiger charge is 2.11. The molecule has 0 aliphatic heterocycles. The molecule has 108 valence electrons. The van der Waals surface area contributed by atoms with Crippen LogP contribution >= 0.6 is 11.6 Å². The Bertz CT molecular complexity index is 710. The summed E-state index contributed by atoms with van der Waals surface area (Å²) in [5, 5.41) is 12.5. The minimum Gasteiger partial charge on any atom is -0.495 e. The molecule has 0 spiro atoms. The van der Waals surface area contributed by atoms with Crippen molar-refractivity contribution in [2.24, 2.45) is 0 Å². The molecule has 21 heavy (non-hydrogen) atoms. The van der Waals surface area contributed by atoms with Crippen molar-refractivity contribution in [3.05, 3.63) is 40.3 Å². The van der Waals surface area contributed by atoms with Crippen molar-refractivity contribution in [2.75, 3.05) is 12.4 Å². The van der Waals surface area contributed by atoms with E-state index in [0.29, 0.717) is 34.5 Å². The van der Waals surface area contributed by atoms with E-state index in [9.17, 15) is 0 Å². The third-order valence-corrected chi connectivity index (χ3v) is 3.40. The summed E-state index contributed by atoms with van der Waals surface area (Å²) in [5.41, 5.74) is 2.01. The molecule has 0 aliphatic carbocycles. The van der Waals surface area contributed by atoms with Gasteiger partial charge in [-0.1, -0.05) is 18.5 Å². The molecule has 0 unspecified atom stereocenters. The quantitative estimate of drug-likeness (QED) is 0.873. The number of aromatic nitrogens is 2. The maximum absolute atomic E-state index is 8.92. The number of halogens is 1. The predicted molar refractivity (Wildman–Crippen MR) is 82.1 cm³/mol. The van der Waals surface area contributed by atoms with Crippen molar-refractivity contribution in [1.82, 2.24) is 9.97 Å². The van der Waals surface area contributed by atoms with Crippen LogP contribution in [0.25, 0.3) is 0 Å². The normalized spacial score (nSPS) is 10.0. The Morgan fingerprint density at radius 2 is 2.14 bits per heavy atom. The largest absolute Gasteiger partial charge is 0.495 e. The van der Waals surface area contributed by atoms with Gasteiger partial charge in [0.05, 0.1) is 24.4 Å². The number of methoxy groups -OCH3 is 1. The Balaban J connectivity index is 2.43. The van der Waals surface area contributed by atoms with Crippen LogP contribution in [0.2, 0.25) is 5.15 Å². The van der Waals surface area contributed by atoms with Crippen molar-refractivity contribution >= 4 is 23.1 Å². The molecular weight excluding hydrogens is 288 g/mol. The second-order valence-electron chi connectivity index (χ2n) is 4.41. The van der Waals surface area contributed by atoms with Crippen molar-refractivity contribution in [2.45, 2.75) is 20.3 Å². The maximum Gasteiger partial charge on any atom is 0.143 e. The molecule has 0 amide bonds. The molecule has 0 saturated heterocycles. The van der Waals surface area contributed by atoms with Gasteiger partial charge in [-0.2, -0.15) is 5.26 Å². The van der Waals surface area contributed by atoms with Gasteiger partial charge in [0.2, 0.25) is 0 Å². The third-order valence-electron chi connectivity index (χ3n) is 3.03. The number of benzene rings is 1. The highest BCUT2D eigenvalue weighted by Crippen LogP contribution is 2.30. The Morgan fingerprint density at radius 1 is 1.38 bits per heavy atom. The van der Waals surface area contributed by atoms with Gasteiger partial charge < -0.3 is 10.1 Å². The van der Waals surface area contributed by atoms with E-state index in [-0.39, 0.29) is 0 Å². The van der Waals surface area contributed by atoms with Crippen LogP contribution in [0.1, 0.15) is 23.9 Å². The van der Waals surface area contributed by atoms with Crippen LogP contribution in [0, 0.1) is 18.3 Å². The molecule has 1 heterocycles. The van der Waals surface area contributed by atoms with Gasteiger partial charge in [-0.25, -0.2) is 9.97 Å². The lowest BCUT2D eigenvalue weighted by atomic mass is 10.2. The molecular formula is C15H15ClN4O. The van der Waals surface area contributed by atoms with Crippen LogP contribution in [-0.4, -0.2) is 17.1 Å². The molecule has 1 aromatic heterocycles. The van der Waals surface area contributed by atoms with Gasteiger partial charge in [-0.15, -0.1) is 0 Å². The Morgan fingerprint density at radius 3 is 2.76 bits per heavy atom. The summed E-state index contributed by atoms with van der Waals surface area (Å²) in [4.78, 5) is 8.64. The van der Waals surface area contributed by atoms with Crippen LogP contribution in [-0.2, 0) is 6.42 Å². The van der Waals surface area contributed by atoms with E-state index in [0.717, 1.165) is 11.3 Å². The summed E-state index contributed by atoms with van der Waals surface area (Å²) in [6, 6.07) is 7.23.